The lowest BCUT2D eigenvalue weighted by Crippen LogP contribution is -2.33. The fourth-order valence-electron chi connectivity index (χ4n) is 2.00. The van der Waals surface area contributed by atoms with Crippen molar-refractivity contribution in [3.05, 3.63) is 42.5 Å². The van der Waals surface area contributed by atoms with E-state index in [9.17, 15) is 0 Å². The summed E-state index contributed by atoms with van der Waals surface area (Å²) in [6, 6.07) is 14.1. The van der Waals surface area contributed by atoms with Crippen molar-refractivity contribution in [2.45, 2.75) is 20.3 Å². The lowest BCUT2D eigenvalue weighted by Gasteiger charge is -2.22. The fourth-order valence-corrected chi connectivity index (χ4v) is 2.00. The highest BCUT2D eigenvalue weighted by Gasteiger charge is 2.23. The molecule has 0 fully saturated rings. The first-order valence-electron chi connectivity index (χ1n) is 6.63. The Morgan fingerprint density at radius 3 is 2.65 bits per heavy atom. The maximum absolute atomic E-state index is 8.75. The van der Waals surface area contributed by atoms with Gasteiger partial charge in [-0.2, -0.15) is 0 Å². The summed E-state index contributed by atoms with van der Waals surface area (Å²) in [7, 11) is 0. The van der Waals surface area contributed by atoms with Crippen LogP contribution in [0.3, 0.4) is 0 Å². The third kappa shape index (κ3) is 3.02. The first kappa shape index (κ1) is 14.2. The van der Waals surface area contributed by atoms with Crippen LogP contribution in [0.5, 0.6) is 5.75 Å². The van der Waals surface area contributed by atoms with Gasteiger partial charge in [-0.25, -0.2) is 0 Å². The van der Waals surface area contributed by atoms with Crippen molar-refractivity contribution in [1.29, 1.82) is 0 Å². The van der Waals surface area contributed by atoms with Gasteiger partial charge in [-0.15, -0.1) is 0 Å². The van der Waals surface area contributed by atoms with Crippen LogP contribution in [0.1, 0.15) is 20.3 Å². The molecule has 0 saturated carbocycles. The maximum atomic E-state index is 8.75. The number of nitrogens with two attached hydrogens (primary N) is 1. The molecule has 20 heavy (non-hydrogen) atoms. The van der Waals surface area contributed by atoms with Crippen molar-refractivity contribution in [2.75, 3.05) is 6.61 Å². The Labute approximate surface area is 118 Å². The highest BCUT2D eigenvalue weighted by atomic mass is 16.5. The summed E-state index contributed by atoms with van der Waals surface area (Å²) in [4.78, 5) is 0. The molecule has 106 valence electrons. The van der Waals surface area contributed by atoms with E-state index in [1.54, 1.807) is 0 Å². The molecular formula is C16H20N2O2. The van der Waals surface area contributed by atoms with Crippen LogP contribution in [0, 0.1) is 5.41 Å². The lowest BCUT2D eigenvalue weighted by atomic mass is 9.88. The molecule has 0 aliphatic carbocycles. The second kappa shape index (κ2) is 5.82. The summed E-state index contributed by atoms with van der Waals surface area (Å²) < 4.78 is 5.86. The standard InChI is InChI=1S/C16H20N2O2/c1-16(2,15(17)18-19)10-11-20-14-9-5-7-12-6-3-4-8-13(12)14/h3-9,19H,10-11H2,1-2H3,(H2,17,18). The number of nitrogens with zero attached hydrogens (tertiary/aromatic N) is 1. The largest absolute Gasteiger partial charge is 0.493 e. The van der Waals surface area contributed by atoms with Crippen LogP contribution in [-0.2, 0) is 0 Å². The van der Waals surface area contributed by atoms with Crippen LogP contribution in [0.15, 0.2) is 47.6 Å². The number of ether oxygens (including phenoxy) is 1. The van der Waals surface area contributed by atoms with Crippen LogP contribution in [0.25, 0.3) is 10.8 Å². The van der Waals surface area contributed by atoms with Crippen LogP contribution in [0.4, 0.5) is 0 Å². The van der Waals surface area contributed by atoms with Gasteiger partial charge in [0.2, 0.25) is 0 Å². The minimum absolute atomic E-state index is 0.221. The van der Waals surface area contributed by atoms with Crippen LogP contribution < -0.4 is 10.5 Å². The molecular weight excluding hydrogens is 252 g/mol. The average molecular weight is 272 g/mol. The summed E-state index contributed by atoms with van der Waals surface area (Å²) in [6.45, 7) is 4.36. The van der Waals surface area contributed by atoms with Crippen molar-refractivity contribution in [2.24, 2.45) is 16.3 Å². The first-order valence-corrected chi connectivity index (χ1v) is 6.63. The summed E-state index contributed by atoms with van der Waals surface area (Å²) in [5, 5.41) is 14.1. The molecule has 0 aromatic heterocycles. The van der Waals surface area contributed by atoms with Crippen LogP contribution in [-0.4, -0.2) is 17.6 Å². The Morgan fingerprint density at radius 2 is 1.90 bits per heavy atom. The second-order valence-electron chi connectivity index (χ2n) is 5.44. The number of benzene rings is 2. The van der Waals surface area contributed by atoms with Gasteiger partial charge in [0, 0.05) is 10.8 Å². The van der Waals surface area contributed by atoms with Gasteiger partial charge in [0.25, 0.3) is 0 Å². The lowest BCUT2D eigenvalue weighted by molar-refractivity contribution is 0.261. The normalized spacial score (nSPS) is 12.6. The molecule has 0 amide bonds. The Morgan fingerprint density at radius 1 is 1.20 bits per heavy atom. The number of hydrogen-bond donors (Lipinski definition) is 2. The van der Waals surface area contributed by atoms with Crippen molar-refractivity contribution < 1.29 is 9.94 Å². The highest BCUT2D eigenvalue weighted by molar-refractivity contribution is 5.88. The van der Waals surface area contributed by atoms with Gasteiger partial charge in [0.15, 0.2) is 0 Å². The van der Waals surface area contributed by atoms with Gasteiger partial charge in [-0.1, -0.05) is 55.4 Å². The van der Waals surface area contributed by atoms with E-state index in [-0.39, 0.29) is 11.3 Å². The zero-order valence-corrected chi connectivity index (χ0v) is 11.8. The molecule has 0 unspecified atom stereocenters. The minimum atomic E-state index is -0.390. The highest BCUT2D eigenvalue weighted by Crippen LogP contribution is 2.27. The van der Waals surface area contributed by atoms with Gasteiger partial charge in [-0.3, -0.25) is 0 Å². The molecule has 2 aromatic rings. The first-order chi connectivity index (χ1) is 9.54. The van der Waals surface area contributed by atoms with Crippen molar-refractivity contribution in [1.82, 2.24) is 0 Å². The minimum Gasteiger partial charge on any atom is -0.493 e. The molecule has 0 spiro atoms. The van der Waals surface area contributed by atoms with E-state index in [1.165, 1.54) is 0 Å². The van der Waals surface area contributed by atoms with E-state index < -0.39 is 0 Å². The van der Waals surface area contributed by atoms with E-state index in [2.05, 4.69) is 17.3 Å². The molecule has 0 atom stereocenters. The van der Waals surface area contributed by atoms with E-state index >= 15 is 0 Å². The van der Waals surface area contributed by atoms with Crippen LogP contribution in [0.2, 0.25) is 0 Å². The number of rotatable bonds is 5. The molecule has 3 N–H and O–H groups in total. The Kier molecular flexibility index (Phi) is 4.13. The molecule has 0 aliphatic rings. The number of oxime groups is 1. The van der Waals surface area contributed by atoms with Crippen LogP contribution >= 0.6 is 0 Å². The van der Waals surface area contributed by atoms with E-state index in [0.29, 0.717) is 13.0 Å². The maximum Gasteiger partial charge on any atom is 0.144 e. The molecule has 2 aromatic carbocycles. The molecule has 0 bridgehead atoms. The van der Waals surface area contributed by atoms with Gasteiger partial charge in [0.1, 0.15) is 11.6 Å². The Balaban J connectivity index is 2.07. The van der Waals surface area contributed by atoms with Gasteiger partial charge >= 0.3 is 0 Å². The Bertz CT molecular complexity index is 615. The molecule has 2 rings (SSSR count). The van der Waals surface area contributed by atoms with E-state index in [4.69, 9.17) is 15.7 Å². The summed E-state index contributed by atoms with van der Waals surface area (Å²) in [5.41, 5.74) is 5.28. The molecule has 0 heterocycles. The summed E-state index contributed by atoms with van der Waals surface area (Å²) >= 11 is 0. The summed E-state index contributed by atoms with van der Waals surface area (Å²) in [6.07, 6.45) is 0.673. The molecule has 0 radical (unpaired) electrons. The quantitative estimate of drug-likeness (QED) is 0.379. The SMILES string of the molecule is CC(C)(CCOc1cccc2ccccc12)C(N)=NO. The monoisotopic (exact) mass is 272 g/mol. The molecule has 4 heteroatoms. The zero-order chi connectivity index (χ0) is 14.6. The van der Waals surface area contributed by atoms with E-state index in [1.807, 2.05) is 44.2 Å². The van der Waals surface area contributed by atoms with E-state index in [0.717, 1.165) is 16.5 Å². The number of amidine groups is 1. The molecule has 0 saturated heterocycles. The van der Waals surface area contributed by atoms with Crippen molar-refractivity contribution in [3.63, 3.8) is 0 Å². The second-order valence-corrected chi connectivity index (χ2v) is 5.44. The van der Waals surface area contributed by atoms with Crippen molar-refractivity contribution in [3.8, 4) is 5.75 Å². The third-order valence-corrected chi connectivity index (χ3v) is 3.54. The smallest absolute Gasteiger partial charge is 0.144 e. The predicted molar refractivity (Wildman–Crippen MR) is 81.2 cm³/mol. The Hall–Kier alpha value is -2.23. The van der Waals surface area contributed by atoms with Gasteiger partial charge in [-0.05, 0) is 17.9 Å². The number of hydrogen-bond acceptors (Lipinski definition) is 3. The topological polar surface area (TPSA) is 67.8 Å². The average Bonchev–Trinajstić information content (AvgIpc) is 2.46. The van der Waals surface area contributed by atoms with Gasteiger partial charge < -0.3 is 15.7 Å². The predicted octanol–water partition coefficient (Wildman–Crippen LogP) is 3.38. The fraction of sp³-hybridized carbons (Fsp3) is 0.312. The van der Waals surface area contributed by atoms with Crippen molar-refractivity contribution >= 4 is 16.6 Å². The third-order valence-electron chi connectivity index (χ3n) is 3.54. The zero-order valence-electron chi connectivity index (χ0n) is 11.8. The van der Waals surface area contributed by atoms with Gasteiger partial charge in [0.05, 0.1) is 6.61 Å². The molecule has 4 nitrogen and oxygen atoms in total. The summed E-state index contributed by atoms with van der Waals surface area (Å²) in [5.74, 6) is 1.08. The number of fused-ring (bicyclic) bond motifs is 1. The molecule has 0 aliphatic heterocycles.